The highest BCUT2D eigenvalue weighted by molar-refractivity contribution is 8.00. The SMILES string of the molecule is COC1=C(C(=O)O)N2C(=O)[C@@H](NC(=O)Cc3ccc(CN)cc3)[C@@H]2SC1. The van der Waals surface area contributed by atoms with E-state index in [1.807, 2.05) is 24.3 Å². The molecule has 1 aromatic carbocycles. The number of aliphatic carboxylic acids is 1. The molecule has 0 unspecified atom stereocenters. The second-order valence-electron chi connectivity index (χ2n) is 5.93. The Balaban J connectivity index is 1.65. The van der Waals surface area contributed by atoms with Crippen molar-refractivity contribution < 1.29 is 24.2 Å². The van der Waals surface area contributed by atoms with Crippen LogP contribution in [0.2, 0.25) is 0 Å². The number of hydrogen-bond acceptors (Lipinski definition) is 6. The first kappa shape index (κ1) is 18.3. The van der Waals surface area contributed by atoms with E-state index in [2.05, 4.69) is 5.32 Å². The molecule has 1 fully saturated rings. The summed E-state index contributed by atoms with van der Waals surface area (Å²) in [4.78, 5) is 37.3. The summed E-state index contributed by atoms with van der Waals surface area (Å²) in [6.45, 7) is 0.431. The van der Waals surface area contributed by atoms with Gasteiger partial charge in [-0.25, -0.2) is 4.79 Å². The van der Waals surface area contributed by atoms with Gasteiger partial charge in [-0.05, 0) is 11.1 Å². The van der Waals surface area contributed by atoms with Gasteiger partial charge in [-0.15, -0.1) is 11.8 Å². The van der Waals surface area contributed by atoms with Gasteiger partial charge in [0.2, 0.25) is 5.91 Å². The maximum Gasteiger partial charge on any atom is 0.356 e. The summed E-state index contributed by atoms with van der Waals surface area (Å²) in [5.74, 6) is -1.37. The molecule has 2 aliphatic heterocycles. The molecule has 2 heterocycles. The second-order valence-corrected chi connectivity index (χ2v) is 7.04. The minimum Gasteiger partial charge on any atom is -0.498 e. The average Bonchev–Trinajstić information content (AvgIpc) is 2.65. The van der Waals surface area contributed by atoms with Crippen molar-refractivity contribution in [2.75, 3.05) is 12.9 Å². The van der Waals surface area contributed by atoms with Crippen LogP contribution in [0.3, 0.4) is 0 Å². The molecule has 0 radical (unpaired) electrons. The minimum absolute atomic E-state index is 0.136. The number of methoxy groups -OCH3 is 1. The quantitative estimate of drug-likeness (QED) is 0.598. The fraction of sp³-hybridized carbons (Fsp3) is 0.353. The van der Waals surface area contributed by atoms with Crippen molar-refractivity contribution in [2.45, 2.75) is 24.4 Å². The lowest BCUT2D eigenvalue weighted by atomic mass is 10.0. The fourth-order valence-electron chi connectivity index (χ4n) is 2.95. The molecule has 0 bridgehead atoms. The predicted octanol–water partition coefficient (Wildman–Crippen LogP) is 0.0303. The number of rotatable bonds is 6. The number of benzene rings is 1. The number of carboxylic acid groups (broad SMARTS) is 1. The first-order chi connectivity index (χ1) is 12.5. The van der Waals surface area contributed by atoms with Gasteiger partial charge in [0.25, 0.3) is 5.91 Å². The maximum atomic E-state index is 12.4. The van der Waals surface area contributed by atoms with Crippen LogP contribution in [-0.2, 0) is 32.1 Å². The number of ether oxygens (including phenoxy) is 1. The number of carbonyl (C=O) groups is 3. The lowest BCUT2D eigenvalue weighted by Crippen LogP contribution is -2.70. The number of carbonyl (C=O) groups excluding carboxylic acids is 2. The van der Waals surface area contributed by atoms with Crippen molar-refractivity contribution in [1.29, 1.82) is 0 Å². The summed E-state index contributed by atoms with van der Waals surface area (Å²) in [5.41, 5.74) is 7.18. The maximum absolute atomic E-state index is 12.4. The fourth-order valence-corrected chi connectivity index (χ4v) is 4.26. The van der Waals surface area contributed by atoms with E-state index >= 15 is 0 Å². The second kappa shape index (κ2) is 7.38. The van der Waals surface area contributed by atoms with E-state index in [4.69, 9.17) is 10.5 Å². The first-order valence-corrected chi connectivity index (χ1v) is 9.03. The van der Waals surface area contributed by atoms with Crippen LogP contribution in [0.4, 0.5) is 0 Å². The molecule has 8 nitrogen and oxygen atoms in total. The highest BCUT2D eigenvalue weighted by atomic mass is 32.2. The van der Waals surface area contributed by atoms with E-state index in [1.54, 1.807) is 0 Å². The number of amides is 2. The van der Waals surface area contributed by atoms with E-state index in [9.17, 15) is 19.5 Å². The molecular weight excluding hydrogens is 358 g/mol. The number of thioether (sulfide) groups is 1. The van der Waals surface area contributed by atoms with Gasteiger partial charge in [0.15, 0.2) is 5.70 Å². The highest BCUT2D eigenvalue weighted by Gasteiger charge is 2.54. The predicted molar refractivity (Wildman–Crippen MR) is 94.7 cm³/mol. The van der Waals surface area contributed by atoms with Crippen molar-refractivity contribution in [3.8, 4) is 0 Å². The van der Waals surface area contributed by atoms with Crippen LogP contribution in [0.1, 0.15) is 11.1 Å². The molecule has 1 saturated heterocycles. The van der Waals surface area contributed by atoms with Crippen LogP contribution in [0.5, 0.6) is 0 Å². The van der Waals surface area contributed by atoms with Crippen molar-refractivity contribution >= 4 is 29.5 Å². The smallest absolute Gasteiger partial charge is 0.356 e. The molecule has 0 spiro atoms. The molecule has 0 aromatic heterocycles. The topological polar surface area (TPSA) is 122 Å². The van der Waals surface area contributed by atoms with Crippen molar-refractivity contribution in [3.05, 3.63) is 46.8 Å². The normalized spacial score (nSPS) is 21.8. The van der Waals surface area contributed by atoms with Gasteiger partial charge >= 0.3 is 5.97 Å². The summed E-state index contributed by atoms with van der Waals surface area (Å²) >= 11 is 1.36. The number of carboxylic acids is 1. The molecule has 0 aliphatic carbocycles. The standard InChI is InChI=1S/C17H19N3O5S/c1-25-11-8-26-16-13(15(22)20(16)14(11)17(23)24)19-12(21)6-9-2-4-10(7-18)5-3-9/h2-5,13,16H,6-8,18H2,1H3,(H,19,21)(H,23,24)/t13-,16+/m1/s1. The Bertz CT molecular complexity index is 777. The molecule has 138 valence electrons. The lowest BCUT2D eigenvalue weighted by Gasteiger charge is -2.48. The Morgan fingerprint density at radius 2 is 2.00 bits per heavy atom. The Hall–Kier alpha value is -2.52. The van der Waals surface area contributed by atoms with Crippen LogP contribution in [0.25, 0.3) is 0 Å². The molecule has 2 atom stereocenters. The van der Waals surface area contributed by atoms with Gasteiger partial charge in [-0.3, -0.25) is 14.5 Å². The summed E-state index contributed by atoms with van der Waals surface area (Å²) < 4.78 is 5.07. The first-order valence-electron chi connectivity index (χ1n) is 7.98. The van der Waals surface area contributed by atoms with E-state index < -0.39 is 23.3 Å². The molecular formula is C17H19N3O5S. The molecule has 1 aromatic rings. The molecule has 2 aliphatic rings. The number of hydrogen-bond donors (Lipinski definition) is 3. The summed E-state index contributed by atoms with van der Waals surface area (Å²) in [5, 5.41) is 11.6. The van der Waals surface area contributed by atoms with Gasteiger partial charge in [0, 0.05) is 6.54 Å². The molecule has 26 heavy (non-hydrogen) atoms. The van der Waals surface area contributed by atoms with Crippen molar-refractivity contribution in [2.24, 2.45) is 5.73 Å². The molecule has 9 heteroatoms. The summed E-state index contributed by atoms with van der Waals surface area (Å²) in [6.07, 6.45) is 0.136. The van der Waals surface area contributed by atoms with Gasteiger partial charge in [0.1, 0.15) is 17.2 Å². The number of nitrogens with zero attached hydrogens (tertiary/aromatic N) is 1. The van der Waals surface area contributed by atoms with Gasteiger partial charge in [-0.2, -0.15) is 0 Å². The zero-order chi connectivity index (χ0) is 18.8. The Morgan fingerprint density at radius 1 is 1.35 bits per heavy atom. The monoisotopic (exact) mass is 377 g/mol. The minimum atomic E-state index is -1.22. The van der Waals surface area contributed by atoms with Crippen LogP contribution >= 0.6 is 11.8 Å². The van der Waals surface area contributed by atoms with Crippen LogP contribution in [-0.4, -0.2) is 52.1 Å². The average molecular weight is 377 g/mol. The van der Waals surface area contributed by atoms with Crippen LogP contribution < -0.4 is 11.1 Å². The van der Waals surface area contributed by atoms with Crippen LogP contribution in [0, 0.1) is 0 Å². The largest absolute Gasteiger partial charge is 0.498 e. The van der Waals surface area contributed by atoms with E-state index in [1.165, 1.54) is 23.8 Å². The molecule has 4 N–H and O–H groups in total. The Labute approximate surface area is 154 Å². The van der Waals surface area contributed by atoms with E-state index in [0.29, 0.717) is 12.3 Å². The molecule has 3 rings (SSSR count). The van der Waals surface area contributed by atoms with Crippen molar-refractivity contribution in [1.82, 2.24) is 10.2 Å². The van der Waals surface area contributed by atoms with E-state index in [0.717, 1.165) is 11.1 Å². The van der Waals surface area contributed by atoms with Gasteiger partial charge < -0.3 is 20.9 Å². The molecule has 2 amide bonds. The zero-order valence-electron chi connectivity index (χ0n) is 14.1. The third-order valence-electron chi connectivity index (χ3n) is 4.32. The number of β-lactam (4-membered cyclic amide) rings is 1. The Kier molecular flexibility index (Phi) is 5.19. The lowest BCUT2D eigenvalue weighted by molar-refractivity contribution is -0.151. The third kappa shape index (κ3) is 3.27. The van der Waals surface area contributed by atoms with Crippen molar-refractivity contribution in [3.63, 3.8) is 0 Å². The van der Waals surface area contributed by atoms with Crippen LogP contribution in [0.15, 0.2) is 35.7 Å². The third-order valence-corrected chi connectivity index (χ3v) is 5.58. The highest BCUT2D eigenvalue weighted by Crippen LogP contribution is 2.40. The van der Waals surface area contributed by atoms with Gasteiger partial charge in [-0.1, -0.05) is 24.3 Å². The summed E-state index contributed by atoms with van der Waals surface area (Å²) in [7, 11) is 1.37. The number of nitrogens with one attached hydrogen (secondary N) is 1. The summed E-state index contributed by atoms with van der Waals surface area (Å²) in [6, 6.07) is 6.62. The van der Waals surface area contributed by atoms with E-state index in [-0.39, 0.29) is 23.8 Å². The zero-order valence-corrected chi connectivity index (χ0v) is 14.9. The number of nitrogens with two attached hydrogens (primary N) is 1. The number of fused-ring (bicyclic) bond motifs is 1. The molecule has 0 saturated carbocycles. The van der Waals surface area contributed by atoms with Gasteiger partial charge in [0.05, 0.1) is 19.3 Å². The Morgan fingerprint density at radius 3 is 2.58 bits per heavy atom.